The van der Waals surface area contributed by atoms with Gasteiger partial charge in [-0.1, -0.05) is 23.8 Å². The molecule has 0 bridgehead atoms. The number of nitrogens with zero attached hydrogens (tertiary/aromatic N) is 2. The topological polar surface area (TPSA) is 68.8 Å². The number of guanidine groups is 1. The number of thiophene rings is 1. The number of benzene rings is 1. The Labute approximate surface area is 213 Å². The summed E-state index contributed by atoms with van der Waals surface area (Å²) in [6, 6.07) is 12.5. The first-order valence-electron chi connectivity index (χ1n) is 11.2. The third-order valence-corrected chi connectivity index (χ3v) is 6.60. The number of halogens is 1. The summed E-state index contributed by atoms with van der Waals surface area (Å²) >= 11 is 1.84. The lowest BCUT2D eigenvalue weighted by molar-refractivity contribution is 0.0954. The first-order valence-corrected chi connectivity index (χ1v) is 12.1. The van der Waals surface area contributed by atoms with E-state index in [-0.39, 0.29) is 29.9 Å². The van der Waals surface area contributed by atoms with Crippen LogP contribution in [0.1, 0.15) is 46.6 Å². The SMILES string of the molecule is CCNC(=NCC1CCCN(C)C1c1cccs1)NCCNC(=O)c1cccc(C)c1.I. The maximum atomic E-state index is 12.3. The van der Waals surface area contributed by atoms with Crippen molar-refractivity contribution >= 4 is 47.2 Å². The number of nitrogens with one attached hydrogen (secondary N) is 3. The third-order valence-electron chi connectivity index (χ3n) is 5.65. The highest BCUT2D eigenvalue weighted by atomic mass is 127. The van der Waals surface area contributed by atoms with E-state index in [1.165, 1.54) is 17.7 Å². The lowest BCUT2D eigenvalue weighted by Crippen LogP contribution is -2.42. The number of likely N-dealkylation sites (tertiary alicyclic amines) is 1. The number of carbonyl (C=O) groups is 1. The molecule has 0 spiro atoms. The van der Waals surface area contributed by atoms with Gasteiger partial charge in [-0.25, -0.2) is 0 Å². The second kappa shape index (κ2) is 13.8. The molecule has 1 aliphatic heterocycles. The number of aliphatic imine (C=N–C) groups is 1. The van der Waals surface area contributed by atoms with Crippen LogP contribution in [0.2, 0.25) is 0 Å². The Kier molecular flexibility index (Phi) is 11.5. The number of aryl methyl sites for hydroxylation is 1. The lowest BCUT2D eigenvalue weighted by Gasteiger charge is -2.38. The van der Waals surface area contributed by atoms with E-state index in [1.54, 1.807) is 0 Å². The Hall–Kier alpha value is -1.65. The molecule has 2 heterocycles. The zero-order chi connectivity index (χ0) is 22.1. The van der Waals surface area contributed by atoms with Crippen LogP contribution in [-0.4, -0.2) is 56.5 Å². The van der Waals surface area contributed by atoms with Crippen LogP contribution in [0.5, 0.6) is 0 Å². The van der Waals surface area contributed by atoms with E-state index >= 15 is 0 Å². The number of piperidine rings is 1. The van der Waals surface area contributed by atoms with Crippen molar-refractivity contribution in [3.05, 3.63) is 57.8 Å². The maximum Gasteiger partial charge on any atom is 0.251 e. The van der Waals surface area contributed by atoms with Crippen molar-refractivity contribution in [2.24, 2.45) is 10.9 Å². The van der Waals surface area contributed by atoms with E-state index in [2.05, 4.69) is 52.3 Å². The van der Waals surface area contributed by atoms with E-state index in [9.17, 15) is 4.79 Å². The summed E-state index contributed by atoms with van der Waals surface area (Å²) in [5.41, 5.74) is 1.78. The molecule has 0 saturated carbocycles. The molecule has 1 amide bonds. The van der Waals surface area contributed by atoms with Gasteiger partial charge in [-0.2, -0.15) is 0 Å². The van der Waals surface area contributed by atoms with E-state index in [1.807, 2.05) is 42.5 Å². The number of hydrogen-bond donors (Lipinski definition) is 3. The van der Waals surface area contributed by atoms with Crippen LogP contribution < -0.4 is 16.0 Å². The predicted octanol–water partition coefficient (Wildman–Crippen LogP) is 4.04. The van der Waals surface area contributed by atoms with Gasteiger partial charge in [0.25, 0.3) is 5.91 Å². The molecule has 8 heteroatoms. The number of rotatable bonds is 8. The van der Waals surface area contributed by atoms with Gasteiger partial charge in [0, 0.05) is 42.7 Å². The Bertz CT molecular complexity index is 858. The number of amides is 1. The summed E-state index contributed by atoms with van der Waals surface area (Å²) in [6.07, 6.45) is 2.41. The summed E-state index contributed by atoms with van der Waals surface area (Å²) in [7, 11) is 2.22. The predicted molar refractivity (Wildman–Crippen MR) is 145 cm³/mol. The van der Waals surface area contributed by atoms with Crippen LogP contribution in [0.4, 0.5) is 0 Å². The standard InChI is InChI=1S/C24H35N5OS.HI/c1-4-25-24(27-13-12-26-23(30)19-9-5-8-18(2)16-19)28-17-20-10-6-14-29(3)22(20)21-11-7-15-31-21;/h5,7-9,11,15-16,20,22H,4,6,10,12-14,17H2,1-3H3,(H,26,30)(H2,25,27,28);1H. The second-order valence-corrected chi connectivity index (χ2v) is 9.09. The van der Waals surface area contributed by atoms with Crippen molar-refractivity contribution in [1.82, 2.24) is 20.9 Å². The second-order valence-electron chi connectivity index (χ2n) is 8.11. The van der Waals surface area contributed by atoms with Crippen molar-refractivity contribution in [1.29, 1.82) is 0 Å². The van der Waals surface area contributed by atoms with E-state index in [0.717, 1.165) is 31.2 Å². The number of hydrogen-bond acceptors (Lipinski definition) is 4. The molecular formula is C24H36IN5OS. The van der Waals surface area contributed by atoms with Crippen LogP contribution in [0.15, 0.2) is 46.8 Å². The van der Waals surface area contributed by atoms with Gasteiger partial charge in [0.1, 0.15) is 0 Å². The van der Waals surface area contributed by atoms with E-state index < -0.39 is 0 Å². The summed E-state index contributed by atoms with van der Waals surface area (Å²) in [5, 5.41) is 11.8. The molecule has 176 valence electrons. The Morgan fingerprint density at radius 2 is 2.00 bits per heavy atom. The molecule has 2 aromatic rings. The lowest BCUT2D eigenvalue weighted by atomic mass is 9.88. The van der Waals surface area contributed by atoms with Gasteiger partial charge in [0.2, 0.25) is 0 Å². The van der Waals surface area contributed by atoms with E-state index in [0.29, 0.717) is 30.6 Å². The first-order chi connectivity index (χ1) is 15.1. The van der Waals surface area contributed by atoms with Gasteiger partial charge >= 0.3 is 0 Å². The van der Waals surface area contributed by atoms with E-state index in [4.69, 9.17) is 4.99 Å². The van der Waals surface area contributed by atoms with Crippen molar-refractivity contribution < 1.29 is 4.79 Å². The smallest absolute Gasteiger partial charge is 0.251 e. The summed E-state index contributed by atoms with van der Waals surface area (Å²) in [5.74, 6) is 1.27. The maximum absolute atomic E-state index is 12.3. The van der Waals surface area contributed by atoms with Crippen molar-refractivity contribution in [2.75, 3.05) is 39.8 Å². The zero-order valence-corrected chi connectivity index (χ0v) is 22.4. The third kappa shape index (κ3) is 7.74. The van der Waals surface area contributed by atoms with Crippen LogP contribution in [-0.2, 0) is 0 Å². The Morgan fingerprint density at radius 3 is 2.72 bits per heavy atom. The van der Waals surface area contributed by atoms with Gasteiger partial charge in [0.15, 0.2) is 5.96 Å². The first kappa shape index (κ1) is 26.6. The highest BCUT2D eigenvalue weighted by molar-refractivity contribution is 14.0. The highest BCUT2D eigenvalue weighted by Crippen LogP contribution is 2.37. The molecule has 1 fully saturated rings. The minimum absolute atomic E-state index is 0. The molecule has 1 aromatic carbocycles. The van der Waals surface area contributed by atoms with Crippen LogP contribution >= 0.6 is 35.3 Å². The average molecular weight is 570 g/mol. The molecule has 1 aliphatic rings. The monoisotopic (exact) mass is 569 g/mol. The molecule has 0 aliphatic carbocycles. The fourth-order valence-electron chi connectivity index (χ4n) is 4.16. The average Bonchev–Trinajstić information content (AvgIpc) is 3.29. The number of carbonyl (C=O) groups excluding carboxylic acids is 1. The van der Waals surface area contributed by atoms with Crippen LogP contribution in [0, 0.1) is 12.8 Å². The van der Waals surface area contributed by atoms with Crippen molar-refractivity contribution in [2.45, 2.75) is 32.7 Å². The Morgan fingerprint density at radius 1 is 1.19 bits per heavy atom. The minimum atomic E-state index is -0.0449. The summed E-state index contributed by atoms with van der Waals surface area (Å²) in [6.45, 7) is 7.97. The quantitative estimate of drug-likeness (QED) is 0.194. The zero-order valence-electron chi connectivity index (χ0n) is 19.3. The fourth-order valence-corrected chi connectivity index (χ4v) is 5.14. The van der Waals surface area contributed by atoms with Gasteiger partial charge in [0.05, 0.1) is 0 Å². The molecule has 2 unspecified atom stereocenters. The summed E-state index contributed by atoms with van der Waals surface area (Å²) in [4.78, 5) is 21.1. The van der Waals surface area contributed by atoms with Gasteiger partial charge in [-0.05, 0) is 69.8 Å². The fraction of sp³-hybridized carbons (Fsp3) is 0.500. The molecule has 32 heavy (non-hydrogen) atoms. The molecule has 6 nitrogen and oxygen atoms in total. The minimum Gasteiger partial charge on any atom is -0.357 e. The molecule has 1 aromatic heterocycles. The highest BCUT2D eigenvalue weighted by Gasteiger charge is 2.31. The Balaban J connectivity index is 0.00000363. The molecule has 1 saturated heterocycles. The van der Waals surface area contributed by atoms with Crippen molar-refractivity contribution in [3.8, 4) is 0 Å². The molecule has 2 atom stereocenters. The molecular weight excluding hydrogens is 533 g/mol. The van der Waals surface area contributed by atoms with Gasteiger partial charge < -0.3 is 16.0 Å². The molecule has 3 N–H and O–H groups in total. The van der Waals surface area contributed by atoms with Gasteiger partial charge in [-0.15, -0.1) is 35.3 Å². The van der Waals surface area contributed by atoms with Gasteiger partial charge in [-0.3, -0.25) is 14.7 Å². The molecule has 3 rings (SSSR count). The van der Waals surface area contributed by atoms with Crippen molar-refractivity contribution in [3.63, 3.8) is 0 Å². The largest absolute Gasteiger partial charge is 0.357 e. The summed E-state index contributed by atoms with van der Waals surface area (Å²) < 4.78 is 0. The molecule has 0 radical (unpaired) electrons. The normalized spacial score (nSPS) is 19.2. The van der Waals surface area contributed by atoms with Crippen LogP contribution in [0.3, 0.4) is 0 Å². The van der Waals surface area contributed by atoms with Crippen LogP contribution in [0.25, 0.3) is 0 Å².